The number of thiazole rings is 1. The number of aliphatic imine (C=N–C) groups is 1. The maximum Gasteiger partial charge on any atom is 0.434 e. The highest BCUT2D eigenvalue weighted by Crippen LogP contribution is 2.30. The van der Waals surface area contributed by atoms with Crippen molar-refractivity contribution < 1.29 is 13.2 Å². The summed E-state index contributed by atoms with van der Waals surface area (Å²) in [5.41, 5.74) is -0.811. The molecule has 0 spiro atoms. The smallest absolute Gasteiger partial charge is 0.357 e. The monoisotopic (exact) mass is 505 g/mol. The van der Waals surface area contributed by atoms with E-state index in [0.717, 1.165) is 49.3 Å². The van der Waals surface area contributed by atoms with Crippen molar-refractivity contribution in [1.29, 1.82) is 0 Å². The number of guanidine groups is 1. The zero-order valence-electron chi connectivity index (χ0n) is 15.1. The predicted octanol–water partition coefficient (Wildman–Crippen LogP) is 3.36. The summed E-state index contributed by atoms with van der Waals surface area (Å²) in [6, 6.07) is 0.480. The van der Waals surface area contributed by atoms with Gasteiger partial charge in [0, 0.05) is 30.9 Å². The number of likely N-dealkylation sites (N-methyl/N-ethyl adjacent to an activating group) is 1. The summed E-state index contributed by atoms with van der Waals surface area (Å²) in [5.74, 6) is 0.707. The minimum Gasteiger partial charge on any atom is -0.357 e. The molecule has 2 rings (SSSR count). The number of hydrogen-bond acceptors (Lipinski definition) is 4. The minimum absolute atomic E-state index is 0. The average Bonchev–Trinajstić information content (AvgIpc) is 3.21. The fourth-order valence-electron chi connectivity index (χ4n) is 2.90. The number of alkyl halides is 3. The van der Waals surface area contributed by atoms with Gasteiger partial charge >= 0.3 is 6.18 Å². The van der Waals surface area contributed by atoms with Gasteiger partial charge in [0.15, 0.2) is 11.7 Å². The molecule has 1 aromatic heterocycles. The van der Waals surface area contributed by atoms with Gasteiger partial charge in [-0.25, -0.2) is 4.98 Å². The second kappa shape index (κ2) is 11.3. The van der Waals surface area contributed by atoms with Crippen molar-refractivity contribution in [3.63, 3.8) is 0 Å². The molecule has 1 saturated heterocycles. The van der Waals surface area contributed by atoms with Gasteiger partial charge in [-0.15, -0.1) is 35.3 Å². The van der Waals surface area contributed by atoms with Gasteiger partial charge in [-0.05, 0) is 32.9 Å². The van der Waals surface area contributed by atoms with Crippen LogP contribution in [0.4, 0.5) is 13.2 Å². The molecule has 0 amide bonds. The molecular formula is C16H27F3IN5S. The first-order valence-electron chi connectivity index (χ1n) is 8.71. The summed E-state index contributed by atoms with van der Waals surface area (Å²) in [5, 5.41) is 7.90. The van der Waals surface area contributed by atoms with Crippen LogP contribution in [-0.4, -0.2) is 54.6 Å². The van der Waals surface area contributed by atoms with Crippen LogP contribution in [0.2, 0.25) is 0 Å². The number of aromatic nitrogens is 1. The Balaban J connectivity index is 0.00000338. The van der Waals surface area contributed by atoms with E-state index < -0.39 is 11.9 Å². The van der Waals surface area contributed by atoms with E-state index in [4.69, 9.17) is 0 Å². The summed E-state index contributed by atoms with van der Waals surface area (Å²) in [7, 11) is 0. The van der Waals surface area contributed by atoms with Gasteiger partial charge in [0.2, 0.25) is 0 Å². The van der Waals surface area contributed by atoms with Crippen LogP contribution in [-0.2, 0) is 12.6 Å². The van der Waals surface area contributed by atoms with E-state index in [2.05, 4.69) is 32.4 Å². The number of nitrogens with zero attached hydrogens (tertiary/aromatic N) is 3. The first-order valence-corrected chi connectivity index (χ1v) is 9.59. The molecule has 150 valence electrons. The van der Waals surface area contributed by atoms with Crippen molar-refractivity contribution in [1.82, 2.24) is 20.5 Å². The molecule has 0 saturated carbocycles. The van der Waals surface area contributed by atoms with E-state index >= 15 is 0 Å². The van der Waals surface area contributed by atoms with Crippen molar-refractivity contribution in [3.8, 4) is 0 Å². The summed E-state index contributed by atoms with van der Waals surface area (Å²) < 4.78 is 37.7. The second-order valence-electron chi connectivity index (χ2n) is 5.95. The van der Waals surface area contributed by atoms with E-state index in [1.54, 1.807) is 0 Å². The number of rotatable bonds is 7. The fraction of sp³-hybridized carbons (Fsp3) is 0.750. The Hall–Kier alpha value is -0.620. The molecule has 2 N–H and O–H groups in total. The maximum absolute atomic E-state index is 12.6. The quantitative estimate of drug-likeness (QED) is 0.339. The first-order chi connectivity index (χ1) is 11.9. The van der Waals surface area contributed by atoms with Crippen molar-refractivity contribution in [3.05, 3.63) is 16.1 Å². The zero-order chi connectivity index (χ0) is 18.3. The lowest BCUT2D eigenvalue weighted by atomic mass is 10.2. The Morgan fingerprint density at radius 2 is 2.15 bits per heavy atom. The molecule has 5 nitrogen and oxygen atoms in total. The molecule has 1 aliphatic heterocycles. The molecule has 1 aliphatic rings. The largest absolute Gasteiger partial charge is 0.434 e. The highest BCUT2D eigenvalue weighted by atomic mass is 127. The Morgan fingerprint density at radius 1 is 1.38 bits per heavy atom. The van der Waals surface area contributed by atoms with E-state index in [-0.39, 0.29) is 24.0 Å². The van der Waals surface area contributed by atoms with E-state index in [1.165, 1.54) is 6.42 Å². The van der Waals surface area contributed by atoms with Gasteiger partial charge in [-0.1, -0.05) is 6.92 Å². The SMILES string of the molecule is CCNC(=NCC1CCCN1CC)NCCc1nc(C(F)(F)F)cs1.I. The molecule has 0 aromatic carbocycles. The predicted molar refractivity (Wildman–Crippen MR) is 110 cm³/mol. The Labute approximate surface area is 173 Å². The van der Waals surface area contributed by atoms with E-state index in [9.17, 15) is 13.2 Å². The van der Waals surface area contributed by atoms with Crippen molar-refractivity contribution in [2.75, 3.05) is 32.7 Å². The third-order valence-corrected chi connectivity index (χ3v) is 5.09. The maximum atomic E-state index is 12.6. The summed E-state index contributed by atoms with van der Waals surface area (Å²) >= 11 is 1.04. The standard InChI is InChI=1S/C16H26F3N5S.HI/c1-3-20-15(22-10-12-6-5-9-24(12)4-2)21-8-7-14-23-13(11-25-14)16(17,18)19;/h11-12H,3-10H2,1-2H3,(H2,20,21,22);1H. The summed E-state index contributed by atoms with van der Waals surface area (Å²) in [4.78, 5) is 10.7. The van der Waals surface area contributed by atoms with Gasteiger partial charge in [-0.3, -0.25) is 9.89 Å². The lowest BCUT2D eigenvalue weighted by Gasteiger charge is -2.21. The van der Waals surface area contributed by atoms with Crippen molar-refractivity contribution >= 4 is 41.3 Å². The highest BCUT2D eigenvalue weighted by Gasteiger charge is 2.33. The fourth-order valence-corrected chi connectivity index (χ4v) is 3.71. The van der Waals surface area contributed by atoms with Gasteiger partial charge in [-0.2, -0.15) is 13.2 Å². The van der Waals surface area contributed by atoms with Crippen LogP contribution >= 0.6 is 35.3 Å². The van der Waals surface area contributed by atoms with Gasteiger partial charge in [0.1, 0.15) is 0 Å². The second-order valence-corrected chi connectivity index (χ2v) is 6.89. The Kier molecular flexibility index (Phi) is 10.2. The Bertz CT molecular complexity index is 564. The third kappa shape index (κ3) is 7.18. The molecule has 2 heterocycles. The molecule has 1 unspecified atom stereocenters. The van der Waals surface area contributed by atoms with Gasteiger partial charge in [0.05, 0.1) is 11.6 Å². The van der Waals surface area contributed by atoms with Crippen LogP contribution in [0.25, 0.3) is 0 Å². The lowest BCUT2D eigenvalue weighted by molar-refractivity contribution is -0.140. The minimum atomic E-state index is -4.37. The van der Waals surface area contributed by atoms with Crippen LogP contribution in [0.15, 0.2) is 10.4 Å². The Morgan fingerprint density at radius 3 is 2.77 bits per heavy atom. The van der Waals surface area contributed by atoms with Crippen molar-refractivity contribution in [2.24, 2.45) is 4.99 Å². The van der Waals surface area contributed by atoms with Crippen LogP contribution in [0.5, 0.6) is 0 Å². The van der Waals surface area contributed by atoms with Crippen LogP contribution < -0.4 is 10.6 Å². The summed E-state index contributed by atoms with van der Waals surface area (Å²) in [6.07, 6.45) is -1.56. The molecular weight excluding hydrogens is 478 g/mol. The molecule has 0 radical (unpaired) electrons. The average molecular weight is 505 g/mol. The summed E-state index contributed by atoms with van der Waals surface area (Å²) in [6.45, 7) is 8.29. The topological polar surface area (TPSA) is 52.6 Å². The number of nitrogens with one attached hydrogen (secondary N) is 2. The van der Waals surface area contributed by atoms with E-state index in [0.29, 0.717) is 30.0 Å². The van der Waals surface area contributed by atoms with Crippen molar-refractivity contribution in [2.45, 2.75) is 45.3 Å². The van der Waals surface area contributed by atoms with Crippen LogP contribution in [0.1, 0.15) is 37.4 Å². The third-order valence-electron chi connectivity index (χ3n) is 4.18. The molecule has 0 bridgehead atoms. The molecule has 10 heteroatoms. The molecule has 1 atom stereocenters. The van der Waals surface area contributed by atoms with Gasteiger partial charge in [0.25, 0.3) is 0 Å². The van der Waals surface area contributed by atoms with Crippen LogP contribution in [0.3, 0.4) is 0 Å². The number of likely N-dealkylation sites (tertiary alicyclic amines) is 1. The zero-order valence-corrected chi connectivity index (χ0v) is 18.3. The van der Waals surface area contributed by atoms with Gasteiger partial charge < -0.3 is 10.6 Å². The highest BCUT2D eigenvalue weighted by molar-refractivity contribution is 14.0. The normalized spacial score (nSPS) is 18.7. The first kappa shape index (κ1) is 23.4. The molecule has 1 fully saturated rings. The molecule has 0 aliphatic carbocycles. The molecule has 1 aromatic rings. The number of hydrogen-bond donors (Lipinski definition) is 2. The molecule has 26 heavy (non-hydrogen) atoms. The van der Waals surface area contributed by atoms with E-state index in [1.807, 2.05) is 6.92 Å². The lowest BCUT2D eigenvalue weighted by Crippen LogP contribution is -2.40. The van der Waals surface area contributed by atoms with Crippen LogP contribution in [0, 0.1) is 0 Å². The number of halogens is 4.